The van der Waals surface area contributed by atoms with Crippen molar-refractivity contribution in [2.75, 3.05) is 11.9 Å². The first-order chi connectivity index (χ1) is 11.8. The van der Waals surface area contributed by atoms with E-state index in [9.17, 15) is 9.59 Å². The third kappa shape index (κ3) is 4.96. The van der Waals surface area contributed by atoms with Crippen molar-refractivity contribution >= 4 is 40.8 Å². The van der Waals surface area contributed by atoms with Gasteiger partial charge in [-0.25, -0.2) is 0 Å². The maximum atomic E-state index is 12.9. The van der Waals surface area contributed by atoms with E-state index < -0.39 is 0 Å². The molecule has 0 aliphatic heterocycles. The minimum absolute atomic E-state index is 0.126. The summed E-state index contributed by atoms with van der Waals surface area (Å²) in [5.41, 5.74) is 0.302. The van der Waals surface area contributed by atoms with E-state index in [1.807, 2.05) is 13.8 Å². The molecule has 0 aliphatic carbocycles. The van der Waals surface area contributed by atoms with Crippen LogP contribution in [0.5, 0.6) is 0 Å². The number of halogens is 2. The van der Waals surface area contributed by atoms with Crippen molar-refractivity contribution in [1.29, 1.82) is 0 Å². The lowest BCUT2D eigenvalue weighted by atomic mass is 10.1. The molecule has 0 bridgehead atoms. The van der Waals surface area contributed by atoms with Gasteiger partial charge < -0.3 is 14.7 Å². The molecule has 1 aromatic carbocycles. The number of anilines is 1. The molecule has 2 aromatic rings. The summed E-state index contributed by atoms with van der Waals surface area (Å²) >= 11 is 12.0. The van der Waals surface area contributed by atoms with E-state index in [1.165, 1.54) is 11.0 Å². The van der Waals surface area contributed by atoms with Crippen LogP contribution in [0.2, 0.25) is 10.0 Å². The summed E-state index contributed by atoms with van der Waals surface area (Å²) < 4.78 is 4.91. The number of aromatic nitrogens is 1. The van der Waals surface area contributed by atoms with Crippen LogP contribution < -0.4 is 5.32 Å². The minimum Gasteiger partial charge on any atom is -0.360 e. The molecule has 0 saturated carbocycles. The summed E-state index contributed by atoms with van der Waals surface area (Å²) in [6.45, 7) is 5.40. The quantitative estimate of drug-likeness (QED) is 0.811. The van der Waals surface area contributed by atoms with Crippen molar-refractivity contribution in [3.63, 3.8) is 0 Å². The van der Waals surface area contributed by atoms with Gasteiger partial charge in [0.05, 0.1) is 10.6 Å². The molecule has 0 spiro atoms. The van der Waals surface area contributed by atoms with Crippen molar-refractivity contribution in [1.82, 2.24) is 10.1 Å². The first-order valence-corrected chi connectivity index (χ1v) is 8.56. The predicted octanol–water partition coefficient (Wildman–Crippen LogP) is 4.17. The fraction of sp³-hybridized carbons (Fsp3) is 0.353. The highest BCUT2D eigenvalue weighted by Crippen LogP contribution is 2.23. The molecule has 1 heterocycles. The monoisotopic (exact) mass is 383 g/mol. The van der Waals surface area contributed by atoms with Gasteiger partial charge in [0.15, 0.2) is 5.82 Å². The molecule has 0 radical (unpaired) electrons. The topological polar surface area (TPSA) is 75.4 Å². The molecular weight excluding hydrogens is 365 g/mol. The molecule has 8 heteroatoms. The summed E-state index contributed by atoms with van der Waals surface area (Å²) in [6, 6.07) is 6.10. The SMILES string of the molecule is CCC(C)N(CC(=O)Nc1cc(C)on1)C(=O)c1ccc(Cl)cc1Cl. The van der Waals surface area contributed by atoms with Gasteiger partial charge in [0.2, 0.25) is 5.91 Å². The molecule has 2 rings (SSSR count). The van der Waals surface area contributed by atoms with Crippen LogP contribution in [0.25, 0.3) is 0 Å². The van der Waals surface area contributed by atoms with Crippen LogP contribution in [-0.4, -0.2) is 34.5 Å². The van der Waals surface area contributed by atoms with Crippen LogP contribution in [0.3, 0.4) is 0 Å². The Balaban J connectivity index is 2.17. The summed E-state index contributed by atoms with van der Waals surface area (Å²) in [4.78, 5) is 26.6. The number of nitrogens with one attached hydrogen (secondary N) is 1. The Morgan fingerprint density at radius 3 is 2.60 bits per heavy atom. The number of rotatable bonds is 6. The van der Waals surface area contributed by atoms with Crippen LogP contribution in [0.15, 0.2) is 28.8 Å². The second kappa shape index (κ2) is 8.36. The number of amides is 2. The standard InChI is InChI=1S/C17H19Cl2N3O3/c1-4-10(2)22(9-16(23)20-15-7-11(3)25-21-15)17(24)13-6-5-12(18)8-14(13)19/h5-8,10H,4,9H2,1-3H3,(H,20,21,23). The number of benzene rings is 1. The Hall–Kier alpha value is -2.05. The number of hydrogen-bond donors (Lipinski definition) is 1. The molecule has 0 saturated heterocycles. The Kier molecular flexibility index (Phi) is 6.45. The summed E-state index contributed by atoms with van der Waals surface area (Å²) in [7, 11) is 0. The molecular formula is C17H19Cl2N3O3. The van der Waals surface area contributed by atoms with Crippen LogP contribution in [0.1, 0.15) is 36.4 Å². The average molecular weight is 384 g/mol. The van der Waals surface area contributed by atoms with Crippen molar-refractivity contribution < 1.29 is 14.1 Å². The summed E-state index contributed by atoms with van der Waals surface area (Å²) in [5, 5.41) is 7.01. The zero-order valence-electron chi connectivity index (χ0n) is 14.2. The molecule has 0 fully saturated rings. The predicted molar refractivity (Wildman–Crippen MR) is 97.1 cm³/mol. The van der Waals surface area contributed by atoms with Gasteiger partial charge >= 0.3 is 0 Å². The minimum atomic E-state index is -0.368. The smallest absolute Gasteiger partial charge is 0.256 e. The van der Waals surface area contributed by atoms with Crippen molar-refractivity contribution in [3.05, 3.63) is 45.6 Å². The molecule has 1 N–H and O–H groups in total. The number of hydrogen-bond acceptors (Lipinski definition) is 4. The normalized spacial score (nSPS) is 11.9. The van der Waals surface area contributed by atoms with Gasteiger partial charge in [0, 0.05) is 17.1 Å². The summed E-state index contributed by atoms with van der Waals surface area (Å²) in [5.74, 6) is 0.191. The highest BCUT2D eigenvalue weighted by Gasteiger charge is 2.25. The van der Waals surface area contributed by atoms with E-state index in [4.69, 9.17) is 27.7 Å². The fourth-order valence-corrected chi connectivity index (χ4v) is 2.72. The molecule has 6 nitrogen and oxygen atoms in total. The lowest BCUT2D eigenvalue weighted by molar-refractivity contribution is -0.117. The van der Waals surface area contributed by atoms with Crippen LogP contribution in [0, 0.1) is 6.92 Å². The number of carbonyl (C=O) groups is 2. The van der Waals surface area contributed by atoms with Crippen LogP contribution >= 0.6 is 23.2 Å². The maximum absolute atomic E-state index is 12.9. The van der Waals surface area contributed by atoms with Gasteiger partial charge in [0.1, 0.15) is 12.3 Å². The molecule has 25 heavy (non-hydrogen) atoms. The van der Waals surface area contributed by atoms with E-state index >= 15 is 0 Å². The van der Waals surface area contributed by atoms with E-state index in [0.717, 1.165) is 0 Å². The van der Waals surface area contributed by atoms with Gasteiger partial charge in [-0.15, -0.1) is 0 Å². The zero-order valence-corrected chi connectivity index (χ0v) is 15.7. The second-order valence-corrected chi connectivity index (χ2v) is 6.53. The number of aryl methyl sites for hydroxylation is 1. The van der Waals surface area contributed by atoms with E-state index in [0.29, 0.717) is 28.6 Å². The number of carbonyl (C=O) groups excluding carboxylic acids is 2. The lowest BCUT2D eigenvalue weighted by Crippen LogP contribution is -2.43. The third-order valence-corrected chi connectivity index (χ3v) is 4.30. The Morgan fingerprint density at radius 1 is 1.32 bits per heavy atom. The van der Waals surface area contributed by atoms with Crippen molar-refractivity contribution in [3.8, 4) is 0 Å². The van der Waals surface area contributed by atoms with Gasteiger partial charge in [-0.05, 0) is 38.5 Å². The van der Waals surface area contributed by atoms with Crippen molar-refractivity contribution in [2.45, 2.75) is 33.2 Å². The Bertz CT molecular complexity index is 776. The number of nitrogens with zero attached hydrogens (tertiary/aromatic N) is 2. The fourth-order valence-electron chi connectivity index (χ4n) is 2.23. The van der Waals surface area contributed by atoms with E-state index in [2.05, 4.69) is 10.5 Å². The van der Waals surface area contributed by atoms with Gasteiger partial charge in [-0.1, -0.05) is 35.3 Å². The molecule has 1 atom stereocenters. The first kappa shape index (κ1) is 19.3. The van der Waals surface area contributed by atoms with E-state index in [1.54, 1.807) is 25.1 Å². The van der Waals surface area contributed by atoms with E-state index in [-0.39, 0.29) is 29.4 Å². The highest BCUT2D eigenvalue weighted by atomic mass is 35.5. The Morgan fingerprint density at radius 2 is 2.04 bits per heavy atom. The van der Waals surface area contributed by atoms with Gasteiger partial charge in [-0.2, -0.15) is 0 Å². The molecule has 1 unspecified atom stereocenters. The van der Waals surface area contributed by atoms with Crippen molar-refractivity contribution in [2.24, 2.45) is 0 Å². The van der Waals surface area contributed by atoms with Gasteiger partial charge in [0.25, 0.3) is 5.91 Å². The first-order valence-electron chi connectivity index (χ1n) is 7.81. The third-order valence-electron chi connectivity index (χ3n) is 3.75. The van der Waals surface area contributed by atoms with Gasteiger partial charge in [-0.3, -0.25) is 9.59 Å². The zero-order chi connectivity index (χ0) is 18.6. The lowest BCUT2D eigenvalue weighted by Gasteiger charge is -2.28. The highest BCUT2D eigenvalue weighted by molar-refractivity contribution is 6.36. The molecule has 134 valence electrons. The Labute approximate surface area is 156 Å². The molecule has 0 aliphatic rings. The average Bonchev–Trinajstić information content (AvgIpc) is 2.96. The van der Waals surface area contributed by atoms with Crippen LogP contribution in [-0.2, 0) is 4.79 Å². The largest absolute Gasteiger partial charge is 0.360 e. The van der Waals surface area contributed by atoms with Crippen LogP contribution in [0.4, 0.5) is 5.82 Å². The summed E-state index contributed by atoms with van der Waals surface area (Å²) in [6.07, 6.45) is 0.688. The molecule has 1 aromatic heterocycles. The second-order valence-electron chi connectivity index (χ2n) is 5.69. The molecule has 2 amide bonds. The maximum Gasteiger partial charge on any atom is 0.256 e.